The fraction of sp³-hybridized carbons (Fsp3) is 0.806. The second-order valence-electron chi connectivity index (χ2n) is 11.8. The first-order valence-electron chi connectivity index (χ1n) is 17.8. The molecule has 246 valence electrons. The number of halogens is 1. The minimum absolute atomic E-state index is 0.172. The third kappa shape index (κ3) is 17.3. The van der Waals surface area contributed by atoms with Gasteiger partial charge in [0.2, 0.25) is 0 Å². The van der Waals surface area contributed by atoms with Crippen LogP contribution in [0.4, 0.5) is 4.39 Å². The van der Waals surface area contributed by atoms with Gasteiger partial charge in [-0.05, 0) is 50.3 Å². The van der Waals surface area contributed by atoms with Crippen LogP contribution in [-0.2, 0) is 9.31 Å². The van der Waals surface area contributed by atoms with Crippen LogP contribution in [0.25, 0.3) is 0 Å². The number of benzene rings is 1. The Morgan fingerprint density at radius 1 is 0.690 bits per heavy atom. The minimum atomic E-state index is -0.764. The van der Waals surface area contributed by atoms with Crippen molar-refractivity contribution in [2.75, 3.05) is 32.8 Å². The van der Waals surface area contributed by atoms with Gasteiger partial charge in [-0.25, -0.2) is 4.39 Å². The third-order valence-electron chi connectivity index (χ3n) is 7.97. The van der Waals surface area contributed by atoms with Crippen LogP contribution < -0.4 is 4.65 Å². The molecule has 6 heteroatoms. The van der Waals surface area contributed by atoms with Gasteiger partial charge >= 0.3 is 7.32 Å². The van der Waals surface area contributed by atoms with E-state index in [1.165, 1.54) is 51.0 Å². The Kier molecular flexibility index (Phi) is 26.7. The molecule has 1 rings (SSSR count). The van der Waals surface area contributed by atoms with Gasteiger partial charge in [0.25, 0.3) is 0 Å². The summed E-state index contributed by atoms with van der Waals surface area (Å²) in [6, 6.07) is 5.14. The van der Waals surface area contributed by atoms with Gasteiger partial charge < -0.3 is 25.4 Å². The highest BCUT2D eigenvalue weighted by molar-refractivity contribution is 6.37. The molecule has 0 aliphatic heterocycles. The van der Waals surface area contributed by atoms with E-state index in [1.807, 2.05) is 0 Å². The molecule has 42 heavy (non-hydrogen) atoms. The molecule has 0 saturated carbocycles. The molecule has 0 saturated heterocycles. The summed E-state index contributed by atoms with van der Waals surface area (Å²) in [5, 5.41) is 0. The second-order valence-corrected chi connectivity index (χ2v) is 11.8. The molecule has 0 aliphatic carbocycles. The molecule has 0 aromatic heterocycles. The molecule has 4 nitrogen and oxygen atoms in total. The van der Waals surface area contributed by atoms with E-state index in [2.05, 4.69) is 55.4 Å². The van der Waals surface area contributed by atoms with Crippen LogP contribution in [-0.4, -0.2) is 44.7 Å². The number of quaternary nitrogens is 1. The minimum Gasteiger partial charge on any atom is -0.511 e. The van der Waals surface area contributed by atoms with E-state index in [4.69, 9.17) is 14.0 Å². The average Bonchev–Trinajstić information content (AvgIpc) is 2.98. The summed E-state index contributed by atoms with van der Waals surface area (Å²) in [5.74, 6) is 0.483. The fourth-order valence-corrected chi connectivity index (χ4v) is 5.99. The number of nitrogens with zero attached hydrogens (tertiary/aromatic N) is 1. The summed E-state index contributed by atoms with van der Waals surface area (Å²) in [4.78, 5) is 0. The lowest BCUT2D eigenvalue weighted by atomic mass is 9.96. The van der Waals surface area contributed by atoms with Crippen molar-refractivity contribution < 1.29 is 22.8 Å². The van der Waals surface area contributed by atoms with Gasteiger partial charge in [-0.2, -0.15) is 6.42 Å². The first-order valence-corrected chi connectivity index (χ1v) is 17.8. The van der Waals surface area contributed by atoms with Crippen LogP contribution in [0.15, 0.2) is 18.2 Å². The maximum absolute atomic E-state index is 14.6. The zero-order chi connectivity index (χ0) is 31.5. The highest BCUT2D eigenvalue weighted by Gasteiger charge is 2.38. The Bertz CT molecular complexity index is 701. The van der Waals surface area contributed by atoms with E-state index in [-0.39, 0.29) is 11.9 Å². The average molecular weight is 594 g/mol. The van der Waals surface area contributed by atoms with E-state index in [9.17, 15) is 4.39 Å². The van der Waals surface area contributed by atoms with Crippen molar-refractivity contribution in [3.05, 3.63) is 36.5 Å². The Labute approximate surface area is 262 Å². The van der Waals surface area contributed by atoms with Crippen LogP contribution in [0.3, 0.4) is 0 Å². The standard InChI is InChI=1S/C30H56BFNO3.C6H13/c1-7-13-15-17-24-34-31(35-25-18-16-14-8-2)36-30-20-19-27(32)26-28(30)29(12-6)33(21-9-3,22-10-4)23-11-5;1-3-5-6-4-2/h19-20,26,29H,7-18,21-25H2,1-6H3;1,3-6H2,2H3/q+1;-1. The Morgan fingerprint density at radius 2 is 1.19 bits per heavy atom. The van der Waals surface area contributed by atoms with E-state index in [1.54, 1.807) is 12.1 Å². The molecule has 0 amide bonds. The molecule has 0 fully saturated rings. The highest BCUT2D eigenvalue weighted by Crippen LogP contribution is 2.39. The van der Waals surface area contributed by atoms with Crippen LogP contribution in [0, 0.1) is 12.7 Å². The number of hydrogen-bond donors (Lipinski definition) is 0. The predicted octanol–water partition coefficient (Wildman–Crippen LogP) is 11.3. The van der Waals surface area contributed by atoms with Gasteiger partial charge in [0.1, 0.15) is 17.6 Å². The van der Waals surface area contributed by atoms with Crippen molar-refractivity contribution in [3.8, 4) is 5.75 Å². The van der Waals surface area contributed by atoms with Crippen molar-refractivity contribution in [2.24, 2.45) is 0 Å². The Balaban J connectivity index is 0.00000252. The van der Waals surface area contributed by atoms with Gasteiger partial charge in [-0.3, -0.25) is 0 Å². The zero-order valence-electron chi connectivity index (χ0n) is 29.0. The molecule has 0 N–H and O–H groups in total. The molecule has 1 unspecified atom stereocenters. The van der Waals surface area contributed by atoms with Gasteiger partial charge in [0.15, 0.2) is 0 Å². The summed E-state index contributed by atoms with van der Waals surface area (Å²) in [6.07, 6.45) is 18.4. The lowest BCUT2D eigenvalue weighted by molar-refractivity contribution is -0.957. The Hall–Kier alpha value is -1.11. The molecule has 1 atom stereocenters. The molecule has 0 aliphatic rings. The summed E-state index contributed by atoms with van der Waals surface area (Å²) in [5.41, 5.74) is 0.946. The first kappa shape index (κ1) is 40.9. The number of unbranched alkanes of at least 4 members (excludes halogenated alkanes) is 9. The van der Waals surface area contributed by atoms with E-state index in [0.717, 1.165) is 87.5 Å². The summed E-state index contributed by atoms with van der Waals surface area (Å²) >= 11 is 0. The normalized spacial score (nSPS) is 12.1. The predicted molar refractivity (Wildman–Crippen MR) is 181 cm³/mol. The maximum atomic E-state index is 14.6. The molecule has 0 radical (unpaired) electrons. The molecular weight excluding hydrogens is 524 g/mol. The van der Waals surface area contributed by atoms with Gasteiger partial charge in [-0.1, -0.05) is 106 Å². The zero-order valence-corrected chi connectivity index (χ0v) is 29.0. The van der Waals surface area contributed by atoms with E-state index < -0.39 is 7.32 Å². The number of hydrogen-bond acceptors (Lipinski definition) is 3. The van der Waals surface area contributed by atoms with Crippen molar-refractivity contribution >= 4 is 7.32 Å². The summed E-state index contributed by atoms with van der Waals surface area (Å²) in [6.45, 7) is 23.8. The van der Waals surface area contributed by atoms with Crippen molar-refractivity contribution in [2.45, 2.75) is 157 Å². The first-order chi connectivity index (χ1) is 20.4. The largest absolute Gasteiger partial charge is 0.713 e. The fourth-order valence-electron chi connectivity index (χ4n) is 5.99. The van der Waals surface area contributed by atoms with Crippen molar-refractivity contribution in [1.29, 1.82) is 0 Å². The van der Waals surface area contributed by atoms with Gasteiger partial charge in [-0.15, -0.1) is 0 Å². The van der Waals surface area contributed by atoms with Crippen LogP contribution in [0.5, 0.6) is 5.75 Å². The van der Waals surface area contributed by atoms with E-state index >= 15 is 0 Å². The summed E-state index contributed by atoms with van der Waals surface area (Å²) in [7, 11) is -0.764. The number of rotatable bonds is 26. The second kappa shape index (κ2) is 27.4. The monoisotopic (exact) mass is 594 g/mol. The van der Waals surface area contributed by atoms with Gasteiger partial charge in [0.05, 0.1) is 25.2 Å². The molecule has 0 bridgehead atoms. The smallest absolute Gasteiger partial charge is 0.511 e. The molecule has 0 heterocycles. The lowest BCUT2D eigenvalue weighted by Gasteiger charge is -2.45. The van der Waals surface area contributed by atoms with Gasteiger partial charge in [0, 0.05) is 19.6 Å². The molecule has 1 aromatic carbocycles. The van der Waals surface area contributed by atoms with Crippen molar-refractivity contribution in [1.82, 2.24) is 0 Å². The van der Waals surface area contributed by atoms with Crippen LogP contribution in [0.2, 0.25) is 0 Å². The lowest BCUT2D eigenvalue weighted by Crippen LogP contribution is -2.52. The van der Waals surface area contributed by atoms with Crippen LogP contribution in [0.1, 0.15) is 163 Å². The third-order valence-corrected chi connectivity index (χ3v) is 7.97. The maximum Gasteiger partial charge on any atom is 0.713 e. The SMILES string of the molecule is CCCCCCOB(OCCCCCC)Oc1ccc(F)cc1C(CC)[N+](CCC)(CCC)CCC.[CH2-]CCCCC. The van der Waals surface area contributed by atoms with Crippen molar-refractivity contribution in [3.63, 3.8) is 0 Å². The summed E-state index contributed by atoms with van der Waals surface area (Å²) < 4.78 is 34.2. The highest BCUT2D eigenvalue weighted by atomic mass is 19.1. The molecule has 1 aromatic rings. The van der Waals surface area contributed by atoms with E-state index in [0.29, 0.717) is 19.0 Å². The topological polar surface area (TPSA) is 27.7 Å². The molecule has 0 spiro atoms. The quantitative estimate of drug-likeness (QED) is 0.0463. The Morgan fingerprint density at radius 3 is 1.60 bits per heavy atom. The van der Waals surface area contributed by atoms with Crippen LogP contribution >= 0.6 is 0 Å². The molecular formula is C36H69BFNO3.